The number of hydrogen-bond acceptors (Lipinski definition) is 7. The van der Waals surface area contributed by atoms with E-state index in [4.69, 9.17) is 0 Å². The Hall–Kier alpha value is -3.57. The normalized spacial score (nSPS) is 21.0. The van der Waals surface area contributed by atoms with Crippen molar-refractivity contribution in [1.29, 1.82) is 0 Å². The second-order valence-corrected chi connectivity index (χ2v) is 10.2. The number of anilines is 1. The van der Waals surface area contributed by atoms with Gasteiger partial charge in [0.2, 0.25) is 0 Å². The number of likely N-dealkylation sites (tertiary alicyclic amines) is 1. The second kappa shape index (κ2) is 10.9. The summed E-state index contributed by atoms with van der Waals surface area (Å²) in [6.45, 7) is 2.05. The molecular formula is C28H28F3N3O5. The molecule has 2 aromatic rings. The molecule has 0 radical (unpaired) electrons. The second-order valence-electron chi connectivity index (χ2n) is 10.2. The van der Waals surface area contributed by atoms with Crippen molar-refractivity contribution in [1.82, 2.24) is 9.80 Å². The summed E-state index contributed by atoms with van der Waals surface area (Å²) in [5, 5.41) is 3.22. The fraction of sp³-hybridized carbons (Fsp3) is 0.429. The third-order valence-corrected chi connectivity index (χ3v) is 7.44. The molecule has 0 aromatic heterocycles. The number of alkyl halides is 3. The van der Waals surface area contributed by atoms with E-state index in [0.29, 0.717) is 44.7 Å². The number of carbonyl (C=O) groups is 4. The number of ether oxygens (including phenoxy) is 1. The van der Waals surface area contributed by atoms with Gasteiger partial charge in [-0.15, -0.1) is 13.2 Å². The average Bonchev–Trinajstić information content (AvgIpc) is 3.14. The Morgan fingerprint density at radius 2 is 1.59 bits per heavy atom. The number of nitrogens with zero attached hydrogens (tertiary/aromatic N) is 2. The van der Waals surface area contributed by atoms with Crippen LogP contribution in [-0.2, 0) is 27.4 Å². The zero-order valence-corrected chi connectivity index (χ0v) is 21.1. The zero-order chi connectivity index (χ0) is 27.7. The lowest BCUT2D eigenvalue weighted by atomic mass is 9.92. The van der Waals surface area contributed by atoms with Gasteiger partial charge in [-0.05, 0) is 42.5 Å². The molecule has 1 saturated carbocycles. The van der Waals surface area contributed by atoms with Crippen molar-refractivity contribution in [3.05, 3.63) is 64.7 Å². The van der Waals surface area contributed by atoms with Crippen LogP contribution < -0.4 is 5.32 Å². The predicted molar refractivity (Wildman–Crippen MR) is 134 cm³/mol. The van der Waals surface area contributed by atoms with Gasteiger partial charge in [-0.3, -0.25) is 33.7 Å². The fourth-order valence-electron chi connectivity index (χ4n) is 5.46. The van der Waals surface area contributed by atoms with Gasteiger partial charge in [-0.25, -0.2) is 0 Å². The van der Waals surface area contributed by atoms with Crippen molar-refractivity contribution in [2.45, 2.75) is 63.7 Å². The Morgan fingerprint density at radius 1 is 0.897 bits per heavy atom. The van der Waals surface area contributed by atoms with Gasteiger partial charge in [-0.1, -0.05) is 30.3 Å². The average molecular weight is 544 g/mol. The maximum absolute atomic E-state index is 13.2. The molecule has 1 N–H and O–H groups in total. The summed E-state index contributed by atoms with van der Waals surface area (Å²) in [6, 6.07) is 11.8. The molecule has 8 nitrogen and oxygen atoms in total. The Morgan fingerprint density at radius 3 is 2.26 bits per heavy atom. The van der Waals surface area contributed by atoms with E-state index in [9.17, 15) is 32.3 Å². The van der Waals surface area contributed by atoms with Gasteiger partial charge in [0.15, 0.2) is 5.78 Å². The Bertz CT molecular complexity index is 1290. The van der Waals surface area contributed by atoms with Crippen LogP contribution >= 0.6 is 0 Å². The van der Waals surface area contributed by atoms with E-state index in [-0.39, 0.29) is 36.2 Å². The highest BCUT2D eigenvalue weighted by Crippen LogP contribution is 2.33. The summed E-state index contributed by atoms with van der Waals surface area (Å²) in [5.74, 6) is -1.65. The summed E-state index contributed by atoms with van der Waals surface area (Å²) in [7, 11) is 0. The van der Waals surface area contributed by atoms with Crippen LogP contribution in [0.1, 0.15) is 63.9 Å². The van der Waals surface area contributed by atoms with Gasteiger partial charge in [0.1, 0.15) is 5.78 Å². The zero-order valence-electron chi connectivity index (χ0n) is 21.1. The van der Waals surface area contributed by atoms with Crippen LogP contribution in [0.2, 0.25) is 0 Å². The summed E-state index contributed by atoms with van der Waals surface area (Å²) in [4.78, 5) is 53.4. The van der Waals surface area contributed by atoms with Crippen molar-refractivity contribution < 1.29 is 37.1 Å². The highest BCUT2D eigenvalue weighted by molar-refractivity contribution is 6.25. The van der Waals surface area contributed by atoms with Gasteiger partial charge in [0, 0.05) is 38.3 Å². The number of hydrogen-bond donors (Lipinski definition) is 1. The van der Waals surface area contributed by atoms with Crippen molar-refractivity contribution in [3.63, 3.8) is 0 Å². The fourth-order valence-corrected chi connectivity index (χ4v) is 5.46. The minimum absolute atomic E-state index is 0.150. The number of fused-ring (bicyclic) bond motifs is 1. The summed E-state index contributed by atoms with van der Waals surface area (Å²) in [5.41, 5.74) is 2.90. The molecule has 11 heteroatoms. The SMILES string of the molecule is O=C1CCC(N2C(=O)c3cccc(NCc4ccc(CN5CCC(OC(F)(F)F)CC5)cc4)c3C2=O)C(=O)C1. The lowest BCUT2D eigenvalue weighted by Gasteiger charge is -2.32. The third-order valence-electron chi connectivity index (χ3n) is 7.44. The van der Waals surface area contributed by atoms with E-state index in [0.717, 1.165) is 16.0 Å². The lowest BCUT2D eigenvalue weighted by molar-refractivity contribution is -0.345. The standard InChI is InChI=1S/C28H28F3N3O5/c29-28(30,31)39-20-10-12-33(13-11-20)16-18-6-4-17(5-7-18)15-32-22-3-1-2-21-25(22)27(38)34(26(21)37)23-9-8-19(35)14-24(23)36/h1-7,20,23,32H,8-16H2. The van der Waals surface area contributed by atoms with Gasteiger partial charge >= 0.3 is 6.36 Å². The number of imide groups is 1. The highest BCUT2D eigenvalue weighted by atomic mass is 19.4. The smallest absolute Gasteiger partial charge is 0.380 e. The molecule has 206 valence electrons. The molecule has 1 saturated heterocycles. The maximum Gasteiger partial charge on any atom is 0.522 e. The molecule has 1 atom stereocenters. The molecule has 2 aromatic carbocycles. The first-order valence-electron chi connectivity index (χ1n) is 12.9. The first-order chi connectivity index (χ1) is 18.6. The number of amides is 2. The van der Waals surface area contributed by atoms with E-state index >= 15 is 0 Å². The molecule has 39 heavy (non-hydrogen) atoms. The molecule has 2 amide bonds. The van der Waals surface area contributed by atoms with E-state index in [2.05, 4.69) is 15.0 Å². The number of piperidine rings is 1. The van der Waals surface area contributed by atoms with Crippen molar-refractivity contribution in [2.75, 3.05) is 18.4 Å². The number of rotatable bonds is 7. The molecule has 2 heterocycles. The summed E-state index contributed by atoms with van der Waals surface area (Å²) >= 11 is 0. The molecule has 1 aliphatic carbocycles. The number of halogens is 3. The predicted octanol–water partition coefficient (Wildman–Crippen LogP) is 4.09. The molecule has 2 aliphatic heterocycles. The summed E-state index contributed by atoms with van der Waals surface area (Å²) in [6.07, 6.45) is -4.69. The minimum atomic E-state index is -4.60. The molecule has 0 bridgehead atoms. The van der Waals surface area contributed by atoms with Gasteiger partial charge in [0.25, 0.3) is 11.8 Å². The van der Waals surface area contributed by atoms with E-state index in [1.807, 2.05) is 24.3 Å². The monoisotopic (exact) mass is 543 g/mol. The van der Waals surface area contributed by atoms with Crippen LogP contribution in [0.25, 0.3) is 0 Å². The number of nitrogens with one attached hydrogen (secondary N) is 1. The molecule has 2 fully saturated rings. The van der Waals surface area contributed by atoms with Crippen LogP contribution in [0.5, 0.6) is 0 Å². The minimum Gasteiger partial charge on any atom is -0.380 e. The first-order valence-corrected chi connectivity index (χ1v) is 12.9. The van der Waals surface area contributed by atoms with Crippen LogP contribution in [-0.4, -0.2) is 64.8 Å². The molecular weight excluding hydrogens is 515 g/mol. The number of benzene rings is 2. The van der Waals surface area contributed by atoms with E-state index in [1.54, 1.807) is 18.2 Å². The Balaban J connectivity index is 1.18. The first kappa shape index (κ1) is 27.0. The van der Waals surface area contributed by atoms with E-state index < -0.39 is 36.1 Å². The lowest BCUT2D eigenvalue weighted by Crippen LogP contribution is -2.47. The number of Topliss-reactive ketones (excluding diaryl/α,β-unsaturated/α-hetero) is 2. The van der Waals surface area contributed by atoms with E-state index in [1.165, 1.54) is 0 Å². The van der Waals surface area contributed by atoms with Crippen molar-refractivity contribution >= 4 is 29.1 Å². The number of carbonyl (C=O) groups excluding carboxylic acids is 4. The molecule has 0 spiro atoms. The largest absolute Gasteiger partial charge is 0.522 e. The molecule has 3 aliphatic rings. The van der Waals surface area contributed by atoms with Crippen LogP contribution in [0.4, 0.5) is 18.9 Å². The van der Waals surface area contributed by atoms with Gasteiger partial charge in [-0.2, -0.15) is 0 Å². The third kappa shape index (κ3) is 6.04. The van der Waals surface area contributed by atoms with Gasteiger partial charge < -0.3 is 5.32 Å². The quantitative estimate of drug-likeness (QED) is 0.415. The topological polar surface area (TPSA) is 96.0 Å². The Kier molecular flexibility index (Phi) is 7.55. The van der Waals surface area contributed by atoms with Gasteiger partial charge in [0.05, 0.1) is 29.7 Å². The van der Waals surface area contributed by atoms with Crippen LogP contribution in [0.3, 0.4) is 0 Å². The number of ketones is 2. The highest BCUT2D eigenvalue weighted by Gasteiger charge is 2.45. The Labute approximate surface area is 223 Å². The van der Waals surface area contributed by atoms with Crippen LogP contribution in [0, 0.1) is 0 Å². The van der Waals surface area contributed by atoms with Crippen LogP contribution in [0.15, 0.2) is 42.5 Å². The van der Waals surface area contributed by atoms with Crippen molar-refractivity contribution in [3.8, 4) is 0 Å². The molecule has 1 unspecified atom stereocenters. The molecule has 5 rings (SSSR count). The summed E-state index contributed by atoms with van der Waals surface area (Å²) < 4.78 is 41.4. The maximum atomic E-state index is 13.2. The van der Waals surface area contributed by atoms with Crippen molar-refractivity contribution in [2.24, 2.45) is 0 Å².